The Hall–Kier alpha value is -0.170. The van der Waals surface area contributed by atoms with Crippen LogP contribution < -0.4 is 0 Å². The molecule has 0 radical (unpaired) electrons. The molecule has 0 bridgehead atoms. The SMILES string of the molecule is CC1=CC=C(C)C2C(CS(C)(C)C)CC(C)C12. The Labute approximate surface area is 109 Å². The zero-order valence-electron chi connectivity index (χ0n) is 12.3. The maximum atomic E-state index is 2.47. The summed E-state index contributed by atoms with van der Waals surface area (Å²) < 4.78 is 0. The lowest BCUT2D eigenvalue weighted by molar-refractivity contribution is 0.388. The summed E-state index contributed by atoms with van der Waals surface area (Å²) in [5.74, 6) is 4.96. The van der Waals surface area contributed by atoms with Crippen molar-refractivity contribution in [1.82, 2.24) is 0 Å². The van der Waals surface area contributed by atoms with Gasteiger partial charge in [-0.3, -0.25) is 0 Å². The van der Waals surface area contributed by atoms with Crippen LogP contribution in [0, 0.1) is 23.7 Å². The van der Waals surface area contributed by atoms with Gasteiger partial charge in [0.1, 0.15) is 0 Å². The molecule has 0 aliphatic heterocycles. The topological polar surface area (TPSA) is 0 Å². The summed E-state index contributed by atoms with van der Waals surface area (Å²) in [5.41, 5.74) is 3.26. The van der Waals surface area contributed by atoms with Crippen LogP contribution in [-0.2, 0) is 0 Å². The Morgan fingerprint density at radius 3 is 2.12 bits per heavy atom. The van der Waals surface area contributed by atoms with Gasteiger partial charge in [0, 0.05) is 0 Å². The van der Waals surface area contributed by atoms with Gasteiger partial charge in [-0.15, -0.1) is 0 Å². The van der Waals surface area contributed by atoms with E-state index in [0.717, 1.165) is 23.7 Å². The van der Waals surface area contributed by atoms with Gasteiger partial charge in [0.15, 0.2) is 0 Å². The number of hydrogen-bond donors (Lipinski definition) is 0. The predicted octanol–water partition coefficient (Wildman–Crippen LogP) is 4.48. The van der Waals surface area contributed by atoms with Crippen LogP contribution in [0.5, 0.6) is 0 Å². The van der Waals surface area contributed by atoms with E-state index in [2.05, 4.69) is 51.7 Å². The maximum Gasteiger partial charge on any atom is -0.00989 e. The third kappa shape index (κ3) is 2.65. The molecule has 0 aromatic carbocycles. The zero-order chi connectivity index (χ0) is 12.8. The normalized spacial score (nSPS) is 38.5. The molecule has 0 aromatic rings. The van der Waals surface area contributed by atoms with Crippen LogP contribution in [0.3, 0.4) is 0 Å². The Morgan fingerprint density at radius 1 is 1.06 bits per heavy atom. The average Bonchev–Trinajstić information content (AvgIpc) is 2.48. The number of fused-ring (bicyclic) bond motifs is 1. The first-order valence-corrected chi connectivity index (χ1v) is 9.83. The lowest BCUT2D eigenvalue weighted by Gasteiger charge is -2.35. The molecule has 2 rings (SSSR count). The van der Waals surface area contributed by atoms with Gasteiger partial charge in [-0.05, 0) is 68.5 Å². The van der Waals surface area contributed by atoms with Gasteiger partial charge < -0.3 is 0 Å². The summed E-state index contributed by atoms with van der Waals surface area (Å²) in [6.07, 6.45) is 13.6. The molecule has 0 heterocycles. The van der Waals surface area contributed by atoms with Gasteiger partial charge >= 0.3 is 0 Å². The number of rotatable bonds is 2. The number of allylic oxidation sites excluding steroid dienone is 4. The van der Waals surface area contributed by atoms with Crippen LogP contribution in [0.2, 0.25) is 0 Å². The summed E-state index contributed by atoms with van der Waals surface area (Å²) in [6, 6.07) is 0. The molecular formula is C16H28S. The Balaban J connectivity index is 2.23. The molecular weight excluding hydrogens is 224 g/mol. The minimum absolute atomic E-state index is 0.369. The van der Waals surface area contributed by atoms with E-state index in [0.29, 0.717) is 0 Å². The molecule has 4 unspecified atom stereocenters. The fraction of sp³-hybridized carbons (Fsp3) is 0.750. The minimum Gasteiger partial charge on any atom is -0.249 e. The molecule has 2 aliphatic rings. The quantitative estimate of drug-likeness (QED) is 0.680. The molecule has 0 nitrogen and oxygen atoms in total. The Bertz CT molecular complexity index is 356. The molecule has 2 aliphatic carbocycles. The third-order valence-electron chi connectivity index (χ3n) is 4.56. The number of hydrogen-bond acceptors (Lipinski definition) is 0. The molecule has 0 aromatic heterocycles. The standard InChI is InChI=1S/C16H28S/c1-11-7-8-12(2)16-14(10-17(4,5)6)9-13(3)15(11)16/h7-8,13-16H,9-10H2,1-6H3. The Kier molecular flexibility index (Phi) is 3.51. The molecule has 1 saturated carbocycles. The first-order valence-electron chi connectivity index (χ1n) is 6.80. The maximum absolute atomic E-state index is 2.47. The van der Waals surface area contributed by atoms with E-state index in [1.54, 1.807) is 11.1 Å². The lowest BCUT2D eigenvalue weighted by atomic mass is 9.75. The van der Waals surface area contributed by atoms with Crippen molar-refractivity contribution in [1.29, 1.82) is 0 Å². The van der Waals surface area contributed by atoms with E-state index >= 15 is 0 Å². The van der Waals surface area contributed by atoms with Crippen molar-refractivity contribution >= 4 is 10.0 Å². The highest BCUT2D eigenvalue weighted by atomic mass is 32.3. The summed E-state index contributed by atoms with van der Waals surface area (Å²) in [5, 5.41) is 0. The molecule has 17 heavy (non-hydrogen) atoms. The first kappa shape index (κ1) is 13.3. The second-order valence-electron chi connectivity index (χ2n) is 7.10. The van der Waals surface area contributed by atoms with Gasteiger partial charge in [0.25, 0.3) is 0 Å². The second kappa shape index (κ2) is 4.50. The van der Waals surface area contributed by atoms with Crippen molar-refractivity contribution in [2.45, 2.75) is 27.2 Å². The van der Waals surface area contributed by atoms with E-state index < -0.39 is 0 Å². The molecule has 0 amide bonds. The van der Waals surface area contributed by atoms with Crippen LogP contribution in [0.1, 0.15) is 27.2 Å². The fourth-order valence-corrected chi connectivity index (χ4v) is 5.73. The van der Waals surface area contributed by atoms with Crippen molar-refractivity contribution in [3.05, 3.63) is 23.3 Å². The summed E-state index contributed by atoms with van der Waals surface area (Å²) in [6.45, 7) is 7.15. The van der Waals surface area contributed by atoms with E-state index in [4.69, 9.17) is 0 Å². The van der Waals surface area contributed by atoms with Gasteiger partial charge in [-0.1, -0.05) is 30.2 Å². The summed E-state index contributed by atoms with van der Waals surface area (Å²) in [7, 11) is -0.369. The highest BCUT2D eigenvalue weighted by Gasteiger charge is 2.43. The highest BCUT2D eigenvalue weighted by molar-refractivity contribution is 8.32. The molecule has 1 heteroatoms. The van der Waals surface area contributed by atoms with Gasteiger partial charge in [-0.2, -0.15) is 0 Å². The molecule has 0 spiro atoms. The average molecular weight is 252 g/mol. The van der Waals surface area contributed by atoms with Gasteiger partial charge in [0.2, 0.25) is 0 Å². The fourth-order valence-electron chi connectivity index (χ4n) is 4.10. The highest BCUT2D eigenvalue weighted by Crippen LogP contribution is 2.54. The zero-order valence-corrected chi connectivity index (χ0v) is 13.1. The summed E-state index contributed by atoms with van der Waals surface area (Å²) in [4.78, 5) is 0. The molecule has 4 atom stereocenters. The van der Waals surface area contributed by atoms with Crippen molar-refractivity contribution in [2.24, 2.45) is 23.7 Å². The lowest BCUT2D eigenvalue weighted by Crippen LogP contribution is -2.24. The Morgan fingerprint density at radius 2 is 1.59 bits per heavy atom. The van der Waals surface area contributed by atoms with Gasteiger partial charge in [0.05, 0.1) is 0 Å². The van der Waals surface area contributed by atoms with Crippen molar-refractivity contribution in [3.8, 4) is 0 Å². The van der Waals surface area contributed by atoms with Crippen LogP contribution >= 0.6 is 10.0 Å². The largest absolute Gasteiger partial charge is 0.249 e. The van der Waals surface area contributed by atoms with Gasteiger partial charge in [-0.25, -0.2) is 10.0 Å². The third-order valence-corrected chi connectivity index (χ3v) is 5.99. The smallest absolute Gasteiger partial charge is 0.00989 e. The van der Waals surface area contributed by atoms with E-state index in [1.807, 2.05) is 0 Å². The molecule has 0 saturated heterocycles. The van der Waals surface area contributed by atoms with E-state index in [1.165, 1.54) is 12.2 Å². The first-order chi connectivity index (χ1) is 7.79. The van der Waals surface area contributed by atoms with Crippen molar-refractivity contribution in [3.63, 3.8) is 0 Å². The molecule has 0 N–H and O–H groups in total. The van der Waals surface area contributed by atoms with E-state index in [9.17, 15) is 0 Å². The van der Waals surface area contributed by atoms with Crippen LogP contribution in [0.25, 0.3) is 0 Å². The van der Waals surface area contributed by atoms with E-state index in [-0.39, 0.29) is 10.0 Å². The predicted molar refractivity (Wildman–Crippen MR) is 82.0 cm³/mol. The van der Waals surface area contributed by atoms with Crippen molar-refractivity contribution in [2.75, 3.05) is 24.5 Å². The molecule has 98 valence electrons. The summed E-state index contributed by atoms with van der Waals surface area (Å²) >= 11 is 0. The molecule has 1 fully saturated rings. The minimum atomic E-state index is -0.369. The van der Waals surface area contributed by atoms with Crippen LogP contribution in [0.4, 0.5) is 0 Å². The monoisotopic (exact) mass is 252 g/mol. The second-order valence-corrected chi connectivity index (χ2v) is 11.6. The van der Waals surface area contributed by atoms with Crippen LogP contribution in [-0.4, -0.2) is 24.5 Å². The van der Waals surface area contributed by atoms with Crippen molar-refractivity contribution < 1.29 is 0 Å². The van der Waals surface area contributed by atoms with Crippen LogP contribution in [0.15, 0.2) is 23.3 Å².